The van der Waals surface area contributed by atoms with Gasteiger partial charge in [0.2, 0.25) is 0 Å². The molecular weight excluding hydrogens is 378 g/mol. The highest BCUT2D eigenvalue weighted by molar-refractivity contribution is 8.14. The van der Waals surface area contributed by atoms with Crippen molar-refractivity contribution in [2.75, 3.05) is 18.0 Å². The van der Waals surface area contributed by atoms with Crippen molar-refractivity contribution in [1.82, 2.24) is 4.98 Å². The van der Waals surface area contributed by atoms with Crippen molar-refractivity contribution in [1.29, 1.82) is 0 Å². The molecule has 0 unspecified atom stereocenters. The third kappa shape index (κ3) is 4.38. The Bertz CT molecular complexity index is 831. The standard InChI is InChI=1S/C16H15N3O5S2/c1-10(20)26-13-6-18(7-13)16-17-14(9-25-16)15(21)24-8-11-2-4-12(5-3-11)19(22)23/h2-5,9,13H,6-8H2,1H3. The van der Waals surface area contributed by atoms with Crippen LogP contribution in [0.3, 0.4) is 0 Å². The van der Waals surface area contributed by atoms with Crippen molar-refractivity contribution < 1.29 is 19.2 Å². The van der Waals surface area contributed by atoms with Gasteiger partial charge in [-0.05, 0) is 17.7 Å². The zero-order valence-corrected chi connectivity index (χ0v) is 15.4. The molecule has 1 fully saturated rings. The first-order chi connectivity index (χ1) is 12.4. The van der Waals surface area contributed by atoms with Crippen molar-refractivity contribution in [3.05, 3.63) is 51.0 Å². The second-order valence-corrected chi connectivity index (χ2v) is 7.97. The monoisotopic (exact) mass is 393 g/mol. The van der Waals surface area contributed by atoms with Crippen LogP contribution in [0.1, 0.15) is 23.0 Å². The van der Waals surface area contributed by atoms with Crippen molar-refractivity contribution in [2.24, 2.45) is 0 Å². The van der Waals surface area contributed by atoms with E-state index in [4.69, 9.17) is 4.74 Å². The maximum absolute atomic E-state index is 12.1. The van der Waals surface area contributed by atoms with Gasteiger partial charge in [0, 0.05) is 42.8 Å². The highest BCUT2D eigenvalue weighted by Crippen LogP contribution is 2.30. The number of hydrogen-bond acceptors (Lipinski definition) is 9. The summed E-state index contributed by atoms with van der Waals surface area (Å²) in [7, 11) is 0. The number of aromatic nitrogens is 1. The molecule has 1 saturated heterocycles. The lowest BCUT2D eigenvalue weighted by atomic mass is 10.2. The Morgan fingerprint density at radius 3 is 2.69 bits per heavy atom. The molecule has 2 heterocycles. The highest BCUT2D eigenvalue weighted by Gasteiger charge is 2.30. The minimum absolute atomic E-state index is 0.0139. The van der Waals surface area contributed by atoms with Crippen LogP contribution in [-0.2, 0) is 16.1 Å². The average Bonchev–Trinajstić information content (AvgIpc) is 3.05. The molecule has 3 rings (SSSR count). The van der Waals surface area contributed by atoms with Gasteiger partial charge >= 0.3 is 5.97 Å². The second kappa shape index (κ2) is 7.83. The van der Waals surface area contributed by atoms with Gasteiger partial charge < -0.3 is 9.64 Å². The van der Waals surface area contributed by atoms with Crippen LogP contribution in [0.25, 0.3) is 0 Å². The molecule has 10 heteroatoms. The largest absolute Gasteiger partial charge is 0.456 e. The number of nitro groups is 1. The first kappa shape index (κ1) is 18.3. The number of hydrogen-bond donors (Lipinski definition) is 0. The van der Waals surface area contributed by atoms with E-state index in [1.54, 1.807) is 24.4 Å². The first-order valence-electron chi connectivity index (χ1n) is 7.70. The lowest BCUT2D eigenvalue weighted by Crippen LogP contribution is -2.49. The summed E-state index contributed by atoms with van der Waals surface area (Å²) in [5.41, 5.74) is 0.876. The van der Waals surface area contributed by atoms with Gasteiger partial charge in [-0.25, -0.2) is 9.78 Å². The van der Waals surface area contributed by atoms with E-state index in [1.165, 1.54) is 35.2 Å². The number of anilines is 1. The van der Waals surface area contributed by atoms with E-state index >= 15 is 0 Å². The van der Waals surface area contributed by atoms with E-state index in [0.29, 0.717) is 5.56 Å². The van der Waals surface area contributed by atoms with E-state index in [-0.39, 0.29) is 28.4 Å². The lowest BCUT2D eigenvalue weighted by molar-refractivity contribution is -0.384. The second-order valence-electron chi connectivity index (χ2n) is 5.65. The summed E-state index contributed by atoms with van der Waals surface area (Å²) in [5, 5.41) is 13.4. The SMILES string of the molecule is CC(=O)SC1CN(c2nc(C(=O)OCc3ccc([N+](=O)[O-])cc3)cs2)C1. The van der Waals surface area contributed by atoms with Gasteiger partial charge in [-0.3, -0.25) is 14.9 Å². The molecule has 1 aliphatic heterocycles. The molecule has 136 valence electrons. The summed E-state index contributed by atoms with van der Waals surface area (Å²) in [5.74, 6) is -0.541. The van der Waals surface area contributed by atoms with Crippen LogP contribution in [0.15, 0.2) is 29.6 Å². The molecule has 0 radical (unpaired) electrons. The summed E-state index contributed by atoms with van der Waals surface area (Å²) in [6, 6.07) is 5.82. The van der Waals surface area contributed by atoms with Crippen molar-refractivity contribution in [3.63, 3.8) is 0 Å². The third-order valence-electron chi connectivity index (χ3n) is 3.67. The number of rotatable bonds is 6. The molecule has 8 nitrogen and oxygen atoms in total. The van der Waals surface area contributed by atoms with Crippen LogP contribution < -0.4 is 4.90 Å². The van der Waals surface area contributed by atoms with Gasteiger partial charge in [0.25, 0.3) is 5.69 Å². The topological polar surface area (TPSA) is 103 Å². The number of carbonyl (C=O) groups is 2. The molecule has 0 aliphatic carbocycles. The van der Waals surface area contributed by atoms with Crippen LogP contribution in [0, 0.1) is 10.1 Å². The molecule has 0 bridgehead atoms. The zero-order valence-electron chi connectivity index (χ0n) is 13.8. The predicted octanol–water partition coefficient (Wildman–Crippen LogP) is 2.88. The maximum Gasteiger partial charge on any atom is 0.358 e. The fourth-order valence-corrected chi connectivity index (χ4v) is 4.14. The van der Waals surface area contributed by atoms with E-state index in [0.717, 1.165) is 18.2 Å². The minimum atomic E-state index is -0.541. The molecule has 0 spiro atoms. The Labute approximate surface area is 157 Å². The fourth-order valence-electron chi connectivity index (χ4n) is 2.34. The summed E-state index contributed by atoms with van der Waals surface area (Å²) in [6.07, 6.45) is 0. The number of nitro benzene ring substituents is 1. The molecule has 26 heavy (non-hydrogen) atoms. The highest BCUT2D eigenvalue weighted by atomic mass is 32.2. The quantitative estimate of drug-likeness (QED) is 0.419. The molecule has 0 saturated carbocycles. The van der Waals surface area contributed by atoms with Crippen molar-refractivity contribution >= 4 is 45.0 Å². The molecule has 1 aromatic carbocycles. The number of thiazole rings is 1. The predicted molar refractivity (Wildman–Crippen MR) is 98.6 cm³/mol. The number of nitrogens with zero attached hydrogens (tertiary/aromatic N) is 3. The van der Waals surface area contributed by atoms with Crippen molar-refractivity contribution in [3.8, 4) is 0 Å². The van der Waals surface area contributed by atoms with Crippen LogP contribution in [-0.4, -0.2) is 39.3 Å². The number of benzene rings is 1. The number of esters is 1. The van der Waals surface area contributed by atoms with Crippen LogP contribution in [0.2, 0.25) is 0 Å². The molecular formula is C16H15N3O5S2. The van der Waals surface area contributed by atoms with E-state index in [2.05, 4.69) is 4.98 Å². The van der Waals surface area contributed by atoms with Gasteiger partial charge in [0.15, 0.2) is 15.9 Å². The Hall–Kier alpha value is -2.46. The van der Waals surface area contributed by atoms with Crippen LogP contribution in [0.4, 0.5) is 10.8 Å². The molecule has 2 aromatic rings. The molecule has 0 atom stereocenters. The van der Waals surface area contributed by atoms with Gasteiger partial charge in [-0.1, -0.05) is 11.8 Å². The Morgan fingerprint density at radius 2 is 2.08 bits per heavy atom. The molecule has 0 N–H and O–H groups in total. The zero-order chi connectivity index (χ0) is 18.7. The number of thioether (sulfide) groups is 1. The maximum atomic E-state index is 12.1. The lowest BCUT2D eigenvalue weighted by Gasteiger charge is -2.37. The third-order valence-corrected chi connectivity index (χ3v) is 5.53. The van der Waals surface area contributed by atoms with E-state index in [9.17, 15) is 19.7 Å². The smallest absolute Gasteiger partial charge is 0.358 e. The number of ether oxygens (including phenoxy) is 1. The number of carbonyl (C=O) groups excluding carboxylic acids is 2. The average molecular weight is 393 g/mol. The summed E-state index contributed by atoms with van der Waals surface area (Å²) in [6.45, 7) is 3.03. The first-order valence-corrected chi connectivity index (χ1v) is 9.46. The van der Waals surface area contributed by atoms with Crippen LogP contribution >= 0.6 is 23.1 Å². The summed E-state index contributed by atoms with van der Waals surface area (Å²) >= 11 is 2.68. The number of non-ortho nitro benzene ring substituents is 1. The minimum Gasteiger partial charge on any atom is -0.456 e. The van der Waals surface area contributed by atoms with E-state index < -0.39 is 10.9 Å². The normalized spacial score (nSPS) is 14.0. The Balaban J connectivity index is 1.50. The molecule has 1 aromatic heterocycles. The molecule has 0 amide bonds. The summed E-state index contributed by atoms with van der Waals surface area (Å²) < 4.78 is 5.20. The Kier molecular flexibility index (Phi) is 5.52. The molecule has 1 aliphatic rings. The van der Waals surface area contributed by atoms with E-state index in [1.807, 2.05) is 4.90 Å². The van der Waals surface area contributed by atoms with Gasteiger partial charge in [0.1, 0.15) is 6.61 Å². The van der Waals surface area contributed by atoms with Crippen molar-refractivity contribution in [2.45, 2.75) is 18.8 Å². The van der Waals surface area contributed by atoms with Crippen LogP contribution in [0.5, 0.6) is 0 Å². The Morgan fingerprint density at radius 1 is 1.38 bits per heavy atom. The fraction of sp³-hybridized carbons (Fsp3) is 0.312. The summed E-state index contributed by atoms with van der Waals surface area (Å²) in [4.78, 5) is 39.6. The van der Waals surface area contributed by atoms with Gasteiger partial charge in [-0.15, -0.1) is 11.3 Å². The van der Waals surface area contributed by atoms with Gasteiger partial charge in [-0.2, -0.15) is 0 Å². The van der Waals surface area contributed by atoms with Gasteiger partial charge in [0.05, 0.1) is 4.92 Å².